The van der Waals surface area contributed by atoms with E-state index in [1.807, 2.05) is 14.0 Å². The van der Waals surface area contributed by atoms with Crippen LogP contribution in [0.3, 0.4) is 0 Å². The second-order valence-corrected chi connectivity index (χ2v) is 4.83. The summed E-state index contributed by atoms with van der Waals surface area (Å²) in [5, 5.41) is 0. The maximum absolute atomic E-state index is 11.1. The molecule has 3 nitrogen and oxygen atoms in total. The van der Waals surface area contributed by atoms with Crippen molar-refractivity contribution in [2.75, 3.05) is 7.05 Å². The van der Waals surface area contributed by atoms with Gasteiger partial charge in [0.25, 0.3) is 0 Å². The predicted molar refractivity (Wildman–Crippen MR) is 62.5 cm³/mol. The Morgan fingerprint density at radius 3 is 2.33 bits per heavy atom. The summed E-state index contributed by atoms with van der Waals surface area (Å²) in [6.07, 6.45) is 6.33. The molecule has 3 heteroatoms. The van der Waals surface area contributed by atoms with E-state index in [0.29, 0.717) is 6.04 Å². The first-order chi connectivity index (χ1) is 7.06. The Balaban J connectivity index is 2.42. The van der Waals surface area contributed by atoms with E-state index in [-0.39, 0.29) is 11.9 Å². The van der Waals surface area contributed by atoms with Gasteiger partial charge in [-0.2, -0.15) is 0 Å². The average molecular weight is 212 g/mol. The van der Waals surface area contributed by atoms with Crippen LogP contribution in [0.5, 0.6) is 0 Å². The summed E-state index contributed by atoms with van der Waals surface area (Å²) in [5.74, 6) is 0.689. The van der Waals surface area contributed by atoms with E-state index >= 15 is 0 Å². The van der Waals surface area contributed by atoms with Crippen molar-refractivity contribution in [3.05, 3.63) is 0 Å². The lowest BCUT2D eigenvalue weighted by molar-refractivity contribution is -0.123. The van der Waals surface area contributed by atoms with Crippen LogP contribution in [0, 0.1) is 5.92 Å². The number of nitrogens with zero attached hydrogens (tertiary/aromatic N) is 1. The minimum absolute atomic E-state index is 0.131. The van der Waals surface area contributed by atoms with Crippen LogP contribution in [0.25, 0.3) is 0 Å². The molecule has 1 saturated carbocycles. The zero-order chi connectivity index (χ0) is 11.4. The molecule has 0 aromatic carbocycles. The van der Waals surface area contributed by atoms with E-state index < -0.39 is 0 Å². The van der Waals surface area contributed by atoms with Crippen molar-refractivity contribution in [3.8, 4) is 0 Å². The number of primary amides is 1. The van der Waals surface area contributed by atoms with Gasteiger partial charge >= 0.3 is 0 Å². The van der Waals surface area contributed by atoms with Crippen LogP contribution >= 0.6 is 0 Å². The van der Waals surface area contributed by atoms with Gasteiger partial charge in [0, 0.05) is 6.04 Å². The Hall–Kier alpha value is -0.570. The first kappa shape index (κ1) is 12.5. The Morgan fingerprint density at radius 2 is 1.93 bits per heavy atom. The van der Waals surface area contributed by atoms with Gasteiger partial charge < -0.3 is 5.73 Å². The van der Waals surface area contributed by atoms with Crippen molar-refractivity contribution >= 4 is 5.91 Å². The molecule has 1 unspecified atom stereocenters. The molecule has 0 aliphatic heterocycles. The first-order valence-corrected chi connectivity index (χ1v) is 6.07. The lowest BCUT2D eigenvalue weighted by Crippen LogP contribution is -2.47. The van der Waals surface area contributed by atoms with Gasteiger partial charge in [-0.25, -0.2) is 0 Å². The molecule has 88 valence electrons. The third-order valence-electron chi connectivity index (χ3n) is 3.99. The Morgan fingerprint density at radius 1 is 1.40 bits per heavy atom. The molecule has 1 aliphatic carbocycles. The number of likely N-dealkylation sites (N-methyl/N-ethyl adjacent to an activating group) is 1. The lowest BCUT2D eigenvalue weighted by atomic mass is 9.84. The van der Waals surface area contributed by atoms with Gasteiger partial charge in [-0.3, -0.25) is 9.69 Å². The fraction of sp³-hybridized carbons (Fsp3) is 0.917. The lowest BCUT2D eigenvalue weighted by Gasteiger charge is -2.36. The second kappa shape index (κ2) is 5.50. The number of amides is 1. The van der Waals surface area contributed by atoms with Crippen molar-refractivity contribution in [3.63, 3.8) is 0 Å². The second-order valence-electron chi connectivity index (χ2n) is 4.83. The summed E-state index contributed by atoms with van der Waals surface area (Å²) in [6, 6.07) is 0.420. The van der Waals surface area contributed by atoms with Gasteiger partial charge in [0.05, 0.1) is 6.04 Å². The number of carbonyl (C=O) groups excluding carboxylic acids is 1. The van der Waals surface area contributed by atoms with Crippen LogP contribution in [0.1, 0.15) is 46.0 Å². The molecule has 2 N–H and O–H groups in total. The highest BCUT2D eigenvalue weighted by molar-refractivity contribution is 5.79. The van der Waals surface area contributed by atoms with Crippen LogP contribution in [-0.2, 0) is 4.79 Å². The Kier molecular flexibility index (Phi) is 4.58. The normalized spacial score (nSPS) is 29.1. The standard InChI is InChI=1S/C12H24N2O/c1-4-10-5-7-11(8-6-10)14(3)9(2)12(13)15/h9-11H,4-8H2,1-3H3,(H2,13,15). The third kappa shape index (κ3) is 3.20. The SMILES string of the molecule is CCC1CCC(N(C)C(C)C(N)=O)CC1. The van der Waals surface area contributed by atoms with Gasteiger partial charge in [-0.1, -0.05) is 13.3 Å². The molecule has 0 aromatic heterocycles. The molecule has 1 aliphatic rings. The van der Waals surface area contributed by atoms with Gasteiger partial charge in [-0.05, 0) is 45.6 Å². The Bertz CT molecular complexity index is 210. The van der Waals surface area contributed by atoms with Gasteiger partial charge in [-0.15, -0.1) is 0 Å². The molecule has 1 fully saturated rings. The fourth-order valence-corrected chi connectivity index (χ4v) is 2.48. The highest BCUT2D eigenvalue weighted by atomic mass is 16.1. The van der Waals surface area contributed by atoms with Gasteiger partial charge in [0.2, 0.25) is 5.91 Å². The molecule has 0 radical (unpaired) electrons. The molecular formula is C12H24N2O. The topological polar surface area (TPSA) is 46.3 Å². The van der Waals surface area contributed by atoms with Crippen molar-refractivity contribution in [2.24, 2.45) is 11.7 Å². The molecule has 1 amide bonds. The summed E-state index contributed by atoms with van der Waals surface area (Å²) in [6.45, 7) is 4.16. The molecule has 0 saturated heterocycles. The molecule has 0 spiro atoms. The molecule has 0 aromatic rings. The highest BCUT2D eigenvalue weighted by Crippen LogP contribution is 2.29. The van der Waals surface area contributed by atoms with Gasteiger partial charge in [0.1, 0.15) is 0 Å². The minimum atomic E-state index is -0.213. The van der Waals surface area contributed by atoms with E-state index in [1.54, 1.807) is 0 Å². The summed E-state index contributed by atoms with van der Waals surface area (Å²) >= 11 is 0. The summed E-state index contributed by atoms with van der Waals surface area (Å²) in [5.41, 5.74) is 5.32. The summed E-state index contributed by atoms with van der Waals surface area (Å²) < 4.78 is 0. The zero-order valence-corrected chi connectivity index (χ0v) is 10.2. The van der Waals surface area contributed by atoms with E-state index in [0.717, 1.165) is 5.92 Å². The smallest absolute Gasteiger partial charge is 0.234 e. The number of nitrogens with two attached hydrogens (primary N) is 1. The number of rotatable bonds is 4. The first-order valence-electron chi connectivity index (χ1n) is 6.07. The third-order valence-corrected chi connectivity index (χ3v) is 3.99. The maximum Gasteiger partial charge on any atom is 0.234 e. The number of hydrogen-bond donors (Lipinski definition) is 1. The van der Waals surface area contributed by atoms with Crippen LogP contribution in [0.15, 0.2) is 0 Å². The van der Waals surface area contributed by atoms with E-state index in [9.17, 15) is 4.79 Å². The van der Waals surface area contributed by atoms with Crippen LogP contribution in [-0.4, -0.2) is 29.9 Å². The van der Waals surface area contributed by atoms with E-state index in [1.165, 1.54) is 32.1 Å². The molecule has 1 rings (SSSR count). The van der Waals surface area contributed by atoms with Crippen molar-refractivity contribution in [2.45, 2.75) is 58.0 Å². The minimum Gasteiger partial charge on any atom is -0.368 e. The Labute approximate surface area is 93.0 Å². The molecule has 0 heterocycles. The molecular weight excluding hydrogens is 188 g/mol. The van der Waals surface area contributed by atoms with Gasteiger partial charge in [0.15, 0.2) is 0 Å². The van der Waals surface area contributed by atoms with Crippen molar-refractivity contribution in [1.82, 2.24) is 4.90 Å². The predicted octanol–water partition coefficient (Wildman–Crippen LogP) is 1.76. The molecule has 1 atom stereocenters. The number of carbonyl (C=O) groups is 1. The number of hydrogen-bond acceptors (Lipinski definition) is 2. The van der Waals surface area contributed by atoms with Crippen molar-refractivity contribution in [1.29, 1.82) is 0 Å². The van der Waals surface area contributed by atoms with E-state index in [4.69, 9.17) is 5.73 Å². The fourth-order valence-electron chi connectivity index (χ4n) is 2.48. The zero-order valence-electron chi connectivity index (χ0n) is 10.2. The average Bonchev–Trinajstić information content (AvgIpc) is 2.27. The summed E-state index contributed by atoms with van der Waals surface area (Å²) in [7, 11) is 2.02. The monoisotopic (exact) mass is 212 g/mol. The highest BCUT2D eigenvalue weighted by Gasteiger charge is 2.27. The van der Waals surface area contributed by atoms with E-state index in [2.05, 4.69) is 11.8 Å². The van der Waals surface area contributed by atoms with Crippen molar-refractivity contribution < 1.29 is 4.79 Å². The van der Waals surface area contributed by atoms with Crippen LogP contribution in [0.2, 0.25) is 0 Å². The van der Waals surface area contributed by atoms with Crippen LogP contribution < -0.4 is 5.73 Å². The largest absolute Gasteiger partial charge is 0.368 e. The molecule has 15 heavy (non-hydrogen) atoms. The summed E-state index contributed by atoms with van der Waals surface area (Å²) in [4.78, 5) is 13.2. The maximum atomic E-state index is 11.1. The molecule has 0 bridgehead atoms. The van der Waals surface area contributed by atoms with Crippen LogP contribution in [0.4, 0.5) is 0 Å². The quantitative estimate of drug-likeness (QED) is 0.772.